The average Bonchev–Trinajstić information content (AvgIpc) is 3.25. The molecule has 1 aromatic heterocycles. The van der Waals surface area contributed by atoms with Crippen molar-refractivity contribution >= 4 is 39.5 Å². The minimum Gasteiger partial charge on any atom is -0.455 e. The van der Waals surface area contributed by atoms with E-state index >= 15 is 0 Å². The summed E-state index contributed by atoms with van der Waals surface area (Å²) in [6, 6.07) is 7.99. The van der Waals surface area contributed by atoms with Crippen molar-refractivity contribution in [2.75, 3.05) is 39.4 Å². The molecule has 0 unspecified atom stereocenters. The molecule has 2 heterocycles. The Morgan fingerprint density at radius 2 is 1.70 bits per heavy atom. The number of fused-ring (bicyclic) bond motifs is 1. The monoisotopic (exact) mass is 473 g/mol. The van der Waals surface area contributed by atoms with Gasteiger partial charge in [-0.15, -0.1) is 11.3 Å². The van der Waals surface area contributed by atoms with Crippen molar-refractivity contribution in [2.45, 2.75) is 45.4 Å². The van der Waals surface area contributed by atoms with Gasteiger partial charge >= 0.3 is 12.1 Å². The van der Waals surface area contributed by atoms with Crippen LogP contribution in [0, 0.1) is 5.41 Å². The Balaban J connectivity index is 1.35. The van der Waals surface area contributed by atoms with Crippen LogP contribution in [0.2, 0.25) is 0 Å². The molecule has 2 fully saturated rings. The Kier molecular flexibility index (Phi) is 7.47. The van der Waals surface area contributed by atoms with E-state index in [1.807, 2.05) is 24.3 Å². The summed E-state index contributed by atoms with van der Waals surface area (Å²) in [5.74, 6) is -0.516. The molecule has 8 nitrogen and oxygen atoms in total. The standard InChI is InChI=1S/C24H31N3O5S/c1-2-31-23(30)27-14-12-26(13-15-27)21(28)17-32-22(29)24(10-6-3-7-11-24)16-20-25-18-8-4-5-9-19(18)33-20/h4-5,8-9H,2-3,6-7,10-17H2,1H3. The lowest BCUT2D eigenvalue weighted by molar-refractivity contribution is -0.163. The fourth-order valence-electron chi connectivity index (χ4n) is 4.69. The van der Waals surface area contributed by atoms with Crippen LogP contribution in [0.15, 0.2) is 24.3 Å². The molecule has 0 spiro atoms. The Morgan fingerprint density at radius 1 is 1.00 bits per heavy atom. The molecule has 1 aromatic carbocycles. The summed E-state index contributed by atoms with van der Waals surface area (Å²) >= 11 is 1.62. The summed E-state index contributed by atoms with van der Waals surface area (Å²) in [6.07, 6.45) is 4.77. The number of thiazole rings is 1. The quantitative estimate of drug-likeness (QED) is 0.595. The Hall–Kier alpha value is -2.68. The van der Waals surface area contributed by atoms with E-state index in [9.17, 15) is 14.4 Å². The highest BCUT2D eigenvalue weighted by Crippen LogP contribution is 2.41. The van der Waals surface area contributed by atoms with Gasteiger partial charge < -0.3 is 19.3 Å². The van der Waals surface area contributed by atoms with Crippen molar-refractivity contribution in [2.24, 2.45) is 5.41 Å². The predicted molar refractivity (Wildman–Crippen MR) is 125 cm³/mol. The Labute approximate surface area is 197 Å². The summed E-state index contributed by atoms with van der Waals surface area (Å²) in [5.41, 5.74) is 0.337. The van der Waals surface area contributed by atoms with Crippen LogP contribution in [-0.4, -0.2) is 72.1 Å². The van der Waals surface area contributed by atoms with Crippen LogP contribution in [0.1, 0.15) is 44.0 Å². The van der Waals surface area contributed by atoms with Gasteiger partial charge in [0.25, 0.3) is 5.91 Å². The summed E-state index contributed by atoms with van der Waals surface area (Å²) in [7, 11) is 0. The van der Waals surface area contributed by atoms with Gasteiger partial charge in [-0.1, -0.05) is 31.4 Å². The zero-order chi connectivity index (χ0) is 23.3. The number of hydrogen-bond donors (Lipinski definition) is 0. The molecule has 2 aromatic rings. The van der Waals surface area contributed by atoms with E-state index in [1.54, 1.807) is 28.1 Å². The lowest BCUT2D eigenvalue weighted by atomic mass is 9.72. The second-order valence-electron chi connectivity index (χ2n) is 8.74. The van der Waals surface area contributed by atoms with Gasteiger partial charge in [0.2, 0.25) is 0 Å². The van der Waals surface area contributed by atoms with Crippen LogP contribution in [0.25, 0.3) is 10.2 Å². The third-order valence-corrected chi connectivity index (χ3v) is 7.59. The fraction of sp³-hybridized carbons (Fsp3) is 0.583. The lowest BCUT2D eigenvalue weighted by Crippen LogP contribution is -2.51. The fourth-order valence-corrected chi connectivity index (χ4v) is 5.80. The maximum Gasteiger partial charge on any atom is 0.409 e. The predicted octanol–water partition coefficient (Wildman–Crippen LogP) is 3.63. The molecule has 0 atom stereocenters. The van der Waals surface area contributed by atoms with E-state index in [0.29, 0.717) is 39.2 Å². The number of nitrogens with zero attached hydrogens (tertiary/aromatic N) is 3. The van der Waals surface area contributed by atoms with E-state index in [-0.39, 0.29) is 24.6 Å². The zero-order valence-electron chi connectivity index (χ0n) is 19.1. The molecular formula is C24H31N3O5S. The zero-order valence-corrected chi connectivity index (χ0v) is 19.9. The molecule has 9 heteroatoms. The van der Waals surface area contributed by atoms with E-state index in [4.69, 9.17) is 14.5 Å². The van der Waals surface area contributed by atoms with Crippen LogP contribution >= 0.6 is 11.3 Å². The highest BCUT2D eigenvalue weighted by molar-refractivity contribution is 7.18. The number of aromatic nitrogens is 1. The number of ether oxygens (including phenoxy) is 2. The van der Waals surface area contributed by atoms with Crippen molar-refractivity contribution in [3.63, 3.8) is 0 Å². The van der Waals surface area contributed by atoms with Gasteiger partial charge in [-0.25, -0.2) is 9.78 Å². The number of para-hydroxylation sites is 1. The van der Waals surface area contributed by atoms with Crippen LogP contribution in [0.4, 0.5) is 4.79 Å². The van der Waals surface area contributed by atoms with Crippen LogP contribution in [-0.2, 0) is 25.5 Å². The number of esters is 1. The van der Waals surface area contributed by atoms with Crippen molar-refractivity contribution in [3.8, 4) is 0 Å². The summed E-state index contributed by atoms with van der Waals surface area (Å²) < 4.78 is 11.7. The van der Waals surface area contributed by atoms with E-state index in [0.717, 1.165) is 47.3 Å². The maximum atomic E-state index is 13.3. The molecule has 2 aliphatic rings. The second kappa shape index (κ2) is 10.5. The van der Waals surface area contributed by atoms with Crippen LogP contribution in [0.3, 0.4) is 0 Å². The molecule has 1 aliphatic heterocycles. The van der Waals surface area contributed by atoms with Crippen LogP contribution < -0.4 is 0 Å². The number of benzene rings is 1. The summed E-state index contributed by atoms with van der Waals surface area (Å²) in [6.45, 7) is 3.48. The van der Waals surface area contributed by atoms with Gasteiger partial charge in [0, 0.05) is 32.6 Å². The molecule has 0 radical (unpaired) electrons. The highest BCUT2D eigenvalue weighted by atomic mass is 32.1. The second-order valence-corrected chi connectivity index (χ2v) is 9.85. The summed E-state index contributed by atoms with van der Waals surface area (Å²) in [4.78, 5) is 45.7. The topological polar surface area (TPSA) is 89.0 Å². The Bertz CT molecular complexity index is 960. The molecule has 0 bridgehead atoms. The number of rotatable bonds is 6. The number of hydrogen-bond acceptors (Lipinski definition) is 7. The first-order chi connectivity index (χ1) is 16.0. The third-order valence-electron chi connectivity index (χ3n) is 6.56. The molecule has 33 heavy (non-hydrogen) atoms. The third kappa shape index (κ3) is 5.46. The average molecular weight is 474 g/mol. The molecule has 0 N–H and O–H groups in total. The van der Waals surface area contributed by atoms with E-state index in [1.165, 1.54) is 0 Å². The van der Waals surface area contributed by atoms with E-state index < -0.39 is 5.41 Å². The number of carbonyl (C=O) groups excluding carboxylic acids is 3. The largest absolute Gasteiger partial charge is 0.455 e. The Morgan fingerprint density at radius 3 is 2.39 bits per heavy atom. The minimum atomic E-state index is -0.616. The SMILES string of the molecule is CCOC(=O)N1CCN(C(=O)COC(=O)C2(Cc3nc4ccccc4s3)CCCCC2)CC1. The van der Waals surface area contributed by atoms with Crippen LogP contribution in [0.5, 0.6) is 0 Å². The molecular weight excluding hydrogens is 442 g/mol. The lowest BCUT2D eigenvalue weighted by Gasteiger charge is -2.35. The molecule has 178 valence electrons. The molecule has 1 saturated heterocycles. The van der Waals surface area contributed by atoms with Gasteiger partial charge in [0.1, 0.15) is 0 Å². The van der Waals surface area contributed by atoms with Crippen molar-refractivity contribution in [1.29, 1.82) is 0 Å². The number of amides is 2. The summed E-state index contributed by atoms with van der Waals surface area (Å²) in [5, 5.41) is 0.941. The molecule has 1 aliphatic carbocycles. The van der Waals surface area contributed by atoms with Crippen molar-refractivity contribution < 1.29 is 23.9 Å². The first-order valence-corrected chi connectivity index (χ1v) is 12.5. The normalized spacial score (nSPS) is 18.2. The molecule has 1 saturated carbocycles. The van der Waals surface area contributed by atoms with Gasteiger partial charge in [-0.2, -0.15) is 0 Å². The number of carbonyl (C=O) groups is 3. The number of piperazine rings is 1. The maximum absolute atomic E-state index is 13.3. The van der Waals surface area contributed by atoms with Crippen molar-refractivity contribution in [3.05, 3.63) is 29.3 Å². The van der Waals surface area contributed by atoms with Gasteiger partial charge in [-0.3, -0.25) is 9.59 Å². The molecule has 4 rings (SSSR count). The molecule has 2 amide bonds. The van der Waals surface area contributed by atoms with Gasteiger partial charge in [0.05, 0.1) is 27.2 Å². The first-order valence-electron chi connectivity index (χ1n) is 11.7. The van der Waals surface area contributed by atoms with E-state index in [2.05, 4.69) is 0 Å². The van der Waals surface area contributed by atoms with Gasteiger partial charge in [-0.05, 0) is 31.9 Å². The van der Waals surface area contributed by atoms with Gasteiger partial charge in [0.15, 0.2) is 6.61 Å². The highest BCUT2D eigenvalue weighted by Gasteiger charge is 2.42. The van der Waals surface area contributed by atoms with Crippen molar-refractivity contribution in [1.82, 2.24) is 14.8 Å². The smallest absolute Gasteiger partial charge is 0.409 e. The minimum absolute atomic E-state index is 0.224. The first kappa shape index (κ1) is 23.5.